The fourth-order valence-electron chi connectivity index (χ4n) is 1.01. The van der Waals surface area contributed by atoms with Crippen molar-refractivity contribution in [1.82, 2.24) is 10.2 Å². The van der Waals surface area contributed by atoms with Gasteiger partial charge < -0.3 is 0 Å². The van der Waals surface area contributed by atoms with Gasteiger partial charge in [-0.3, -0.25) is 0 Å². The SMILES string of the molecule is C=C(C)c1cnncc1CC. The summed E-state index contributed by atoms with van der Waals surface area (Å²) in [5.74, 6) is 0. The van der Waals surface area contributed by atoms with Crippen LogP contribution in [-0.2, 0) is 6.42 Å². The number of nitrogens with zero attached hydrogens (tertiary/aromatic N) is 2. The summed E-state index contributed by atoms with van der Waals surface area (Å²) in [6.45, 7) is 7.95. The van der Waals surface area contributed by atoms with E-state index in [4.69, 9.17) is 0 Å². The summed E-state index contributed by atoms with van der Waals surface area (Å²) in [4.78, 5) is 0. The Morgan fingerprint density at radius 1 is 1.45 bits per heavy atom. The van der Waals surface area contributed by atoms with Crippen LogP contribution in [0, 0.1) is 0 Å². The van der Waals surface area contributed by atoms with Gasteiger partial charge in [0.25, 0.3) is 0 Å². The molecule has 1 rings (SSSR count). The summed E-state index contributed by atoms with van der Waals surface area (Å²) in [5, 5.41) is 7.61. The second-order valence-electron chi connectivity index (χ2n) is 2.56. The van der Waals surface area contributed by atoms with Crippen LogP contribution >= 0.6 is 0 Å². The Balaban J connectivity index is 3.12. The van der Waals surface area contributed by atoms with Crippen molar-refractivity contribution in [2.24, 2.45) is 0 Å². The standard InChI is InChI=1S/C9H12N2/c1-4-8-5-10-11-6-9(8)7(2)3/h5-6H,2,4H2,1,3H3. The van der Waals surface area contributed by atoms with Crippen LogP contribution < -0.4 is 0 Å². The number of hydrogen-bond acceptors (Lipinski definition) is 2. The molecule has 0 unspecified atom stereocenters. The number of rotatable bonds is 2. The quantitative estimate of drug-likeness (QED) is 0.641. The summed E-state index contributed by atoms with van der Waals surface area (Å²) in [6, 6.07) is 0. The number of allylic oxidation sites excluding steroid dienone is 1. The molecule has 0 N–H and O–H groups in total. The molecule has 0 saturated heterocycles. The minimum atomic E-state index is 0.984. The zero-order valence-electron chi connectivity index (χ0n) is 6.96. The van der Waals surface area contributed by atoms with E-state index in [0.717, 1.165) is 17.6 Å². The first kappa shape index (κ1) is 7.92. The highest BCUT2D eigenvalue weighted by Gasteiger charge is 1.99. The van der Waals surface area contributed by atoms with Crippen molar-refractivity contribution >= 4 is 5.57 Å². The highest BCUT2D eigenvalue weighted by atomic mass is 15.1. The molecule has 0 atom stereocenters. The van der Waals surface area contributed by atoms with E-state index >= 15 is 0 Å². The second-order valence-corrected chi connectivity index (χ2v) is 2.56. The van der Waals surface area contributed by atoms with Crippen molar-refractivity contribution in [2.75, 3.05) is 0 Å². The molecule has 0 spiro atoms. The summed E-state index contributed by atoms with van der Waals surface area (Å²) in [6.07, 6.45) is 4.54. The Kier molecular flexibility index (Phi) is 2.36. The molecule has 1 aromatic heterocycles. The van der Waals surface area contributed by atoms with E-state index in [1.807, 2.05) is 6.92 Å². The normalized spacial score (nSPS) is 9.64. The molecule has 0 aliphatic rings. The van der Waals surface area contributed by atoms with E-state index < -0.39 is 0 Å². The maximum Gasteiger partial charge on any atom is 0.0573 e. The van der Waals surface area contributed by atoms with Crippen molar-refractivity contribution in [2.45, 2.75) is 20.3 Å². The summed E-state index contributed by atoms with van der Waals surface area (Å²) in [5.41, 5.74) is 3.40. The van der Waals surface area contributed by atoms with Gasteiger partial charge in [-0.25, -0.2) is 0 Å². The van der Waals surface area contributed by atoms with Gasteiger partial charge in [-0.15, -0.1) is 0 Å². The fourth-order valence-corrected chi connectivity index (χ4v) is 1.01. The summed E-state index contributed by atoms with van der Waals surface area (Å²) < 4.78 is 0. The second kappa shape index (κ2) is 3.28. The first-order valence-electron chi connectivity index (χ1n) is 3.71. The first-order valence-corrected chi connectivity index (χ1v) is 3.71. The molecule has 0 bridgehead atoms. The predicted molar refractivity (Wildman–Crippen MR) is 46.1 cm³/mol. The molecule has 1 aromatic rings. The minimum Gasteiger partial charge on any atom is -0.159 e. The van der Waals surface area contributed by atoms with Gasteiger partial charge in [0.1, 0.15) is 0 Å². The van der Waals surface area contributed by atoms with Gasteiger partial charge in [-0.05, 0) is 24.5 Å². The maximum atomic E-state index is 3.87. The van der Waals surface area contributed by atoms with Crippen LogP contribution in [0.1, 0.15) is 25.0 Å². The fraction of sp³-hybridized carbons (Fsp3) is 0.333. The van der Waals surface area contributed by atoms with Crippen LogP contribution in [0.15, 0.2) is 19.0 Å². The zero-order valence-corrected chi connectivity index (χ0v) is 6.96. The number of aromatic nitrogens is 2. The van der Waals surface area contributed by atoms with Crippen molar-refractivity contribution in [3.8, 4) is 0 Å². The van der Waals surface area contributed by atoms with Gasteiger partial charge in [0.15, 0.2) is 0 Å². The maximum absolute atomic E-state index is 3.87. The molecular formula is C9H12N2. The molecule has 2 heteroatoms. The van der Waals surface area contributed by atoms with Gasteiger partial charge in [0.2, 0.25) is 0 Å². The third-order valence-electron chi connectivity index (χ3n) is 1.65. The van der Waals surface area contributed by atoms with E-state index in [9.17, 15) is 0 Å². The van der Waals surface area contributed by atoms with E-state index in [1.165, 1.54) is 5.56 Å². The van der Waals surface area contributed by atoms with Gasteiger partial charge in [0, 0.05) is 5.56 Å². The molecule has 11 heavy (non-hydrogen) atoms. The van der Waals surface area contributed by atoms with Gasteiger partial charge in [-0.1, -0.05) is 13.5 Å². The molecule has 58 valence electrons. The molecule has 0 aliphatic carbocycles. The number of hydrogen-bond donors (Lipinski definition) is 0. The molecule has 2 nitrogen and oxygen atoms in total. The molecule has 1 heterocycles. The van der Waals surface area contributed by atoms with Crippen LogP contribution in [0.3, 0.4) is 0 Å². The van der Waals surface area contributed by atoms with Crippen LogP contribution in [0.2, 0.25) is 0 Å². The van der Waals surface area contributed by atoms with Gasteiger partial charge in [0.05, 0.1) is 12.4 Å². The third kappa shape index (κ3) is 1.64. The van der Waals surface area contributed by atoms with E-state index in [1.54, 1.807) is 12.4 Å². The lowest BCUT2D eigenvalue weighted by atomic mass is 10.0. The highest BCUT2D eigenvalue weighted by Crippen LogP contribution is 2.14. The predicted octanol–water partition coefficient (Wildman–Crippen LogP) is 2.07. The monoisotopic (exact) mass is 148 g/mol. The number of aryl methyl sites for hydroxylation is 1. The third-order valence-corrected chi connectivity index (χ3v) is 1.65. The van der Waals surface area contributed by atoms with Crippen LogP contribution in [-0.4, -0.2) is 10.2 Å². The average molecular weight is 148 g/mol. The zero-order chi connectivity index (χ0) is 8.27. The topological polar surface area (TPSA) is 25.8 Å². The lowest BCUT2D eigenvalue weighted by Crippen LogP contribution is -1.92. The smallest absolute Gasteiger partial charge is 0.0573 e. The Morgan fingerprint density at radius 3 is 2.55 bits per heavy atom. The van der Waals surface area contributed by atoms with Gasteiger partial charge in [-0.2, -0.15) is 10.2 Å². The van der Waals surface area contributed by atoms with Gasteiger partial charge >= 0.3 is 0 Å². The largest absolute Gasteiger partial charge is 0.159 e. The molecule has 0 aromatic carbocycles. The lowest BCUT2D eigenvalue weighted by Gasteiger charge is -2.03. The first-order chi connectivity index (χ1) is 5.25. The Bertz CT molecular complexity index is 266. The van der Waals surface area contributed by atoms with E-state index in [-0.39, 0.29) is 0 Å². The van der Waals surface area contributed by atoms with E-state index in [0.29, 0.717) is 0 Å². The average Bonchev–Trinajstić information content (AvgIpc) is 2.04. The Labute approximate surface area is 67.0 Å². The van der Waals surface area contributed by atoms with Crippen molar-refractivity contribution in [3.05, 3.63) is 30.1 Å². The van der Waals surface area contributed by atoms with Crippen molar-refractivity contribution in [3.63, 3.8) is 0 Å². The van der Waals surface area contributed by atoms with Crippen molar-refractivity contribution in [1.29, 1.82) is 0 Å². The molecule has 0 saturated carbocycles. The van der Waals surface area contributed by atoms with Crippen molar-refractivity contribution < 1.29 is 0 Å². The Hall–Kier alpha value is -1.18. The summed E-state index contributed by atoms with van der Waals surface area (Å²) in [7, 11) is 0. The van der Waals surface area contributed by atoms with Crippen LogP contribution in [0.5, 0.6) is 0 Å². The van der Waals surface area contributed by atoms with E-state index in [2.05, 4.69) is 23.7 Å². The summed E-state index contributed by atoms with van der Waals surface area (Å²) >= 11 is 0. The highest BCUT2D eigenvalue weighted by molar-refractivity contribution is 5.63. The molecule has 0 radical (unpaired) electrons. The molecule has 0 aliphatic heterocycles. The molecule has 0 amide bonds. The Morgan fingerprint density at radius 2 is 2.09 bits per heavy atom. The molecular weight excluding hydrogens is 136 g/mol. The minimum absolute atomic E-state index is 0.984. The van der Waals surface area contributed by atoms with Crippen LogP contribution in [0.4, 0.5) is 0 Å². The molecule has 0 fully saturated rings. The lowest BCUT2D eigenvalue weighted by molar-refractivity contribution is 0.974. The van der Waals surface area contributed by atoms with Crippen LogP contribution in [0.25, 0.3) is 5.57 Å².